The lowest BCUT2D eigenvalue weighted by Gasteiger charge is -2.40. The molecule has 4 atom stereocenters. The second-order valence-corrected chi connectivity index (χ2v) is 21.2. The molecule has 4 aromatic rings. The maximum atomic E-state index is 14.7. The van der Waals surface area contributed by atoms with Crippen molar-refractivity contribution in [3.63, 3.8) is 0 Å². The number of methoxy groups -OCH3 is 1. The van der Waals surface area contributed by atoms with Crippen molar-refractivity contribution in [2.45, 2.75) is 110 Å². The Morgan fingerprint density at radius 1 is 1.07 bits per heavy atom. The molecule has 6 bridgehead atoms. The number of nitrogens with one attached hydrogen (secondary N) is 2. The number of esters is 1. The van der Waals surface area contributed by atoms with E-state index in [1.54, 1.807) is 28.3 Å². The number of hydrazine groups is 1. The van der Waals surface area contributed by atoms with E-state index in [1.165, 1.54) is 26.1 Å². The summed E-state index contributed by atoms with van der Waals surface area (Å²) in [5.41, 5.74) is 7.54. The fourth-order valence-electron chi connectivity index (χ4n) is 10.5. The first kappa shape index (κ1) is 49.3. The fraction of sp³-hybridized carbons (Fsp3) is 0.600. The average Bonchev–Trinajstić information content (AvgIpc) is 4.10. The van der Waals surface area contributed by atoms with Gasteiger partial charge in [0.25, 0.3) is 5.91 Å². The number of ether oxygens (including phenoxy) is 2. The number of anilines is 1. The molecular weight excluding hydrogens is 885 g/mol. The van der Waals surface area contributed by atoms with E-state index in [0.29, 0.717) is 24.4 Å². The topological polar surface area (TPSA) is 178 Å². The standard InChI is InChI=1S/C50H70N10O7S/c1-10-59-40-17-16-33-24-35(40)37(44(59)36-25-34(28-51-42(36)31(2)66-9)58-22-20-56(7)21-23-58)27-49(3,4)30-67-47(63)50(65)18-13-19-60(54-50)46(62)38(26-41-52-39(33)29-68-41)53-45(61)43(32-14-11-12-15-32)57(8)48(64)55(5)6/h16-17,24-25,28-29,31-32,38,43,54,65H,10-15,18-23,26-27,30H2,1-9H3,(H,53,61)/t31-,38-,43-,50-/m0/s1. The summed E-state index contributed by atoms with van der Waals surface area (Å²) in [7, 11) is 8.77. The number of thiazole rings is 1. The number of carbonyl (C=O) groups excluding carboxylic acids is 4. The molecule has 17 nitrogen and oxygen atoms in total. The molecule has 1 aliphatic carbocycles. The van der Waals surface area contributed by atoms with Crippen molar-refractivity contribution in [3.05, 3.63) is 52.1 Å². The molecule has 1 aromatic carbocycles. The predicted molar refractivity (Wildman–Crippen MR) is 263 cm³/mol. The third-order valence-electron chi connectivity index (χ3n) is 14.4. The minimum Gasteiger partial charge on any atom is -0.462 e. The number of pyridine rings is 1. The Balaban J connectivity index is 1.24. The Kier molecular flexibility index (Phi) is 14.5. The lowest BCUT2D eigenvalue weighted by Crippen LogP contribution is -2.67. The van der Waals surface area contributed by atoms with E-state index in [9.17, 15) is 24.3 Å². The molecule has 4 aliphatic rings. The van der Waals surface area contributed by atoms with Gasteiger partial charge in [-0.25, -0.2) is 14.6 Å². The Labute approximate surface area is 404 Å². The molecule has 3 aliphatic heterocycles. The smallest absolute Gasteiger partial charge is 0.355 e. The first-order valence-electron chi connectivity index (χ1n) is 24.2. The average molecular weight is 955 g/mol. The van der Waals surface area contributed by atoms with Crippen molar-refractivity contribution in [1.82, 2.24) is 45.0 Å². The van der Waals surface area contributed by atoms with Gasteiger partial charge in [-0.15, -0.1) is 11.3 Å². The lowest BCUT2D eigenvalue weighted by atomic mass is 9.84. The van der Waals surface area contributed by atoms with Gasteiger partial charge in [-0.2, -0.15) is 5.43 Å². The van der Waals surface area contributed by atoms with Gasteiger partial charge in [0.15, 0.2) is 0 Å². The molecule has 2 saturated heterocycles. The number of rotatable bonds is 9. The molecule has 68 heavy (non-hydrogen) atoms. The minimum atomic E-state index is -2.21. The highest BCUT2D eigenvalue weighted by Gasteiger charge is 2.46. The monoisotopic (exact) mass is 955 g/mol. The molecule has 0 unspecified atom stereocenters. The van der Waals surface area contributed by atoms with Gasteiger partial charge in [0.2, 0.25) is 11.6 Å². The zero-order valence-corrected chi connectivity index (χ0v) is 42.1. The van der Waals surface area contributed by atoms with E-state index in [1.807, 2.05) is 18.5 Å². The Bertz CT molecular complexity index is 2510. The van der Waals surface area contributed by atoms with Gasteiger partial charge in [0, 0.05) is 113 Å². The number of amides is 4. The number of benzene rings is 1. The number of fused-ring (bicyclic) bond motifs is 6. The Morgan fingerprint density at radius 2 is 1.81 bits per heavy atom. The van der Waals surface area contributed by atoms with Gasteiger partial charge in [0.1, 0.15) is 12.1 Å². The number of cyclic esters (lactones) is 1. The third-order valence-corrected chi connectivity index (χ3v) is 15.3. The zero-order valence-electron chi connectivity index (χ0n) is 41.3. The summed E-state index contributed by atoms with van der Waals surface area (Å²) >= 11 is 1.40. The molecule has 0 radical (unpaired) electrons. The van der Waals surface area contributed by atoms with Crippen LogP contribution in [0.4, 0.5) is 10.5 Å². The zero-order chi connectivity index (χ0) is 48.7. The van der Waals surface area contributed by atoms with Crippen LogP contribution in [-0.4, -0.2) is 156 Å². The van der Waals surface area contributed by atoms with Gasteiger partial charge in [-0.1, -0.05) is 32.8 Å². The van der Waals surface area contributed by atoms with Crippen LogP contribution in [-0.2, 0) is 43.2 Å². The number of hydrogen-bond donors (Lipinski definition) is 3. The van der Waals surface area contributed by atoms with Gasteiger partial charge in [-0.3, -0.25) is 19.6 Å². The van der Waals surface area contributed by atoms with Crippen LogP contribution in [0.25, 0.3) is 33.4 Å². The van der Waals surface area contributed by atoms with Crippen LogP contribution < -0.4 is 15.6 Å². The minimum absolute atomic E-state index is 0.0120. The Hall–Kier alpha value is -5.14. The second-order valence-electron chi connectivity index (χ2n) is 20.2. The molecule has 18 heteroatoms. The molecule has 3 N–H and O–H groups in total. The van der Waals surface area contributed by atoms with E-state index >= 15 is 0 Å². The van der Waals surface area contributed by atoms with Crippen molar-refractivity contribution < 1.29 is 33.8 Å². The molecule has 3 fully saturated rings. The highest BCUT2D eigenvalue weighted by atomic mass is 32.1. The number of aromatic nitrogens is 3. The maximum Gasteiger partial charge on any atom is 0.355 e. The maximum absolute atomic E-state index is 14.7. The van der Waals surface area contributed by atoms with Crippen LogP contribution in [0.2, 0.25) is 0 Å². The molecule has 4 amide bonds. The normalized spacial score (nSPS) is 22.7. The molecule has 1 saturated carbocycles. The molecular formula is C50H70N10O7S. The largest absolute Gasteiger partial charge is 0.462 e. The summed E-state index contributed by atoms with van der Waals surface area (Å²) in [6.07, 6.45) is 5.94. The quantitative estimate of drug-likeness (QED) is 0.181. The van der Waals surface area contributed by atoms with Gasteiger partial charge < -0.3 is 44.1 Å². The fourth-order valence-corrected chi connectivity index (χ4v) is 11.4. The van der Waals surface area contributed by atoms with Crippen LogP contribution >= 0.6 is 11.3 Å². The number of carbonyl (C=O) groups is 4. The third kappa shape index (κ3) is 9.97. The van der Waals surface area contributed by atoms with Crippen molar-refractivity contribution in [1.29, 1.82) is 0 Å². The predicted octanol–water partition coefficient (Wildman–Crippen LogP) is 5.45. The van der Waals surface area contributed by atoms with Crippen LogP contribution in [0.5, 0.6) is 0 Å². The summed E-state index contributed by atoms with van der Waals surface area (Å²) in [4.78, 5) is 74.5. The number of nitrogens with zero attached hydrogens (tertiary/aromatic N) is 8. The van der Waals surface area contributed by atoms with Crippen molar-refractivity contribution >= 4 is 51.7 Å². The van der Waals surface area contributed by atoms with Crippen LogP contribution in [0.3, 0.4) is 0 Å². The number of urea groups is 1. The van der Waals surface area contributed by atoms with Gasteiger partial charge in [0.05, 0.1) is 46.7 Å². The lowest BCUT2D eigenvalue weighted by molar-refractivity contribution is -0.189. The van der Waals surface area contributed by atoms with E-state index in [4.69, 9.17) is 19.4 Å². The number of piperazine rings is 1. The second kappa shape index (κ2) is 20.1. The number of likely N-dealkylation sites (N-methyl/N-ethyl adjacent to an activating group) is 2. The van der Waals surface area contributed by atoms with E-state index in [-0.39, 0.29) is 44.0 Å². The molecule has 6 heterocycles. The molecule has 0 spiro atoms. The summed E-state index contributed by atoms with van der Waals surface area (Å²) in [5, 5.41) is 19.8. The van der Waals surface area contributed by atoms with Crippen molar-refractivity contribution in [2.75, 3.05) is 79.5 Å². The van der Waals surface area contributed by atoms with E-state index < -0.39 is 41.0 Å². The summed E-state index contributed by atoms with van der Waals surface area (Å²) in [5.74, 6) is -1.96. The molecule has 3 aromatic heterocycles. The van der Waals surface area contributed by atoms with Crippen LogP contribution in [0.15, 0.2) is 35.8 Å². The van der Waals surface area contributed by atoms with E-state index in [2.05, 4.69) is 77.2 Å². The molecule has 368 valence electrons. The number of hydrogen-bond acceptors (Lipinski definition) is 13. The van der Waals surface area contributed by atoms with Gasteiger partial charge in [-0.05, 0) is 76.3 Å². The van der Waals surface area contributed by atoms with Crippen molar-refractivity contribution in [3.8, 4) is 22.5 Å². The van der Waals surface area contributed by atoms with Crippen LogP contribution in [0, 0.1) is 11.3 Å². The highest BCUT2D eigenvalue weighted by molar-refractivity contribution is 7.10. The summed E-state index contributed by atoms with van der Waals surface area (Å²) in [6.45, 7) is 12.7. The summed E-state index contributed by atoms with van der Waals surface area (Å²) < 4.78 is 14.4. The highest BCUT2D eigenvalue weighted by Crippen LogP contribution is 2.43. The number of aryl methyl sites for hydroxylation is 1. The SMILES string of the molecule is CCn1c(-c2cc(N3CCN(C)CC3)cnc2[C@H](C)OC)c2c3cc(ccc31)-c1csc(n1)C[C@H](NC(=O)[C@H](C1CCCC1)N(C)C(=O)N(C)C)C(=O)N1CCC[C@@](O)(N1)C(=O)OCC(C)(C)C2. The summed E-state index contributed by atoms with van der Waals surface area (Å²) in [6, 6.07) is 6.38. The number of aliphatic hydroxyl groups is 1. The van der Waals surface area contributed by atoms with Gasteiger partial charge >= 0.3 is 12.0 Å². The van der Waals surface area contributed by atoms with Crippen molar-refractivity contribution in [2.24, 2.45) is 11.3 Å². The first-order chi connectivity index (χ1) is 32.4. The first-order valence-corrected chi connectivity index (χ1v) is 25.1. The molecule has 8 rings (SSSR count). The van der Waals surface area contributed by atoms with Crippen LogP contribution in [0.1, 0.15) is 88.6 Å². The Morgan fingerprint density at radius 3 is 2.50 bits per heavy atom. The van der Waals surface area contributed by atoms with E-state index in [0.717, 1.165) is 102 Å².